The van der Waals surface area contributed by atoms with Gasteiger partial charge in [-0.15, -0.1) is 11.3 Å². The van der Waals surface area contributed by atoms with Gasteiger partial charge in [-0.05, 0) is 19.1 Å². The first-order chi connectivity index (χ1) is 11.7. The summed E-state index contributed by atoms with van der Waals surface area (Å²) in [5.41, 5.74) is 2.48. The fourth-order valence-corrected chi connectivity index (χ4v) is 3.32. The number of carbonyl (C=O) groups excluding carboxylic acids is 1. The lowest BCUT2D eigenvalue weighted by atomic mass is 10.2. The molecular formula is C18H16ClN3OS. The van der Waals surface area contributed by atoms with Crippen LogP contribution in [0.3, 0.4) is 0 Å². The molecule has 1 aromatic heterocycles. The first-order valence-corrected chi connectivity index (χ1v) is 8.79. The topological polar surface area (TPSA) is 45.2 Å². The van der Waals surface area contributed by atoms with Gasteiger partial charge in [-0.1, -0.05) is 54.1 Å². The Morgan fingerprint density at radius 2 is 1.88 bits per heavy atom. The fraction of sp³-hybridized carbons (Fsp3) is 0.111. The predicted octanol–water partition coefficient (Wildman–Crippen LogP) is 5.52. The van der Waals surface area contributed by atoms with E-state index in [1.54, 1.807) is 17.0 Å². The summed E-state index contributed by atoms with van der Waals surface area (Å²) in [5.74, 6) is 0. The van der Waals surface area contributed by atoms with Gasteiger partial charge in [0.25, 0.3) is 0 Å². The minimum absolute atomic E-state index is 0.250. The number of nitrogens with zero attached hydrogens (tertiary/aromatic N) is 2. The maximum Gasteiger partial charge on any atom is 0.328 e. The van der Waals surface area contributed by atoms with E-state index in [4.69, 9.17) is 11.6 Å². The fourth-order valence-electron chi connectivity index (χ4n) is 2.24. The Balaban J connectivity index is 1.80. The van der Waals surface area contributed by atoms with Gasteiger partial charge in [0.15, 0.2) is 5.13 Å². The quantitative estimate of drug-likeness (QED) is 0.668. The summed E-state index contributed by atoms with van der Waals surface area (Å²) in [6, 6.07) is 16.8. The highest BCUT2D eigenvalue weighted by atomic mass is 35.5. The number of halogens is 1. The molecule has 122 valence electrons. The van der Waals surface area contributed by atoms with Crippen LogP contribution in [0, 0.1) is 0 Å². The van der Waals surface area contributed by atoms with E-state index in [0.29, 0.717) is 22.4 Å². The Hall–Kier alpha value is -2.37. The van der Waals surface area contributed by atoms with Crippen LogP contribution < -0.4 is 10.2 Å². The van der Waals surface area contributed by atoms with E-state index in [1.807, 2.05) is 54.8 Å². The van der Waals surface area contributed by atoms with E-state index < -0.39 is 0 Å². The van der Waals surface area contributed by atoms with Gasteiger partial charge in [0.1, 0.15) is 0 Å². The van der Waals surface area contributed by atoms with Crippen LogP contribution >= 0.6 is 22.9 Å². The number of hydrogen-bond acceptors (Lipinski definition) is 3. The molecule has 0 saturated heterocycles. The summed E-state index contributed by atoms with van der Waals surface area (Å²) in [6.07, 6.45) is 0. The van der Waals surface area contributed by atoms with E-state index in [9.17, 15) is 4.79 Å². The molecule has 0 atom stereocenters. The number of thiazole rings is 1. The summed E-state index contributed by atoms with van der Waals surface area (Å²) in [7, 11) is 0. The number of para-hydroxylation sites is 1. The number of urea groups is 1. The SMILES string of the molecule is CCN(C(=O)Nc1ccccc1Cl)c1nc(-c2ccccc2)cs1. The van der Waals surface area contributed by atoms with Gasteiger partial charge in [0, 0.05) is 17.5 Å². The van der Waals surface area contributed by atoms with Crippen LogP contribution in [-0.4, -0.2) is 17.6 Å². The highest BCUT2D eigenvalue weighted by molar-refractivity contribution is 7.14. The molecule has 0 fully saturated rings. The number of carbonyl (C=O) groups is 1. The number of rotatable bonds is 4. The second-order valence-electron chi connectivity index (χ2n) is 5.04. The van der Waals surface area contributed by atoms with Gasteiger partial charge in [-0.3, -0.25) is 4.90 Å². The number of aromatic nitrogens is 1. The Morgan fingerprint density at radius 3 is 2.58 bits per heavy atom. The first-order valence-electron chi connectivity index (χ1n) is 7.53. The van der Waals surface area contributed by atoms with Gasteiger partial charge in [0.05, 0.1) is 16.4 Å². The van der Waals surface area contributed by atoms with Crippen LogP contribution in [0.1, 0.15) is 6.92 Å². The predicted molar refractivity (Wildman–Crippen MR) is 101 cm³/mol. The molecule has 2 amide bonds. The van der Waals surface area contributed by atoms with Crippen molar-refractivity contribution in [1.29, 1.82) is 0 Å². The summed E-state index contributed by atoms with van der Waals surface area (Å²) in [5, 5.41) is 5.94. The smallest absolute Gasteiger partial charge is 0.306 e. The van der Waals surface area contributed by atoms with E-state index in [-0.39, 0.29) is 6.03 Å². The van der Waals surface area contributed by atoms with E-state index in [2.05, 4.69) is 10.3 Å². The Morgan fingerprint density at radius 1 is 1.17 bits per heavy atom. The Kier molecular flexibility index (Phi) is 5.13. The van der Waals surface area contributed by atoms with Crippen molar-refractivity contribution in [2.45, 2.75) is 6.92 Å². The van der Waals surface area contributed by atoms with Crippen LogP contribution in [0.4, 0.5) is 15.6 Å². The summed E-state index contributed by atoms with van der Waals surface area (Å²) >= 11 is 7.54. The Labute approximate surface area is 149 Å². The number of nitrogens with one attached hydrogen (secondary N) is 1. The number of amides is 2. The lowest BCUT2D eigenvalue weighted by Crippen LogP contribution is -2.34. The van der Waals surface area contributed by atoms with Crippen molar-refractivity contribution in [3.05, 3.63) is 65.0 Å². The van der Waals surface area contributed by atoms with Crippen LogP contribution in [0.5, 0.6) is 0 Å². The van der Waals surface area contributed by atoms with E-state index in [1.165, 1.54) is 11.3 Å². The zero-order valence-electron chi connectivity index (χ0n) is 13.1. The largest absolute Gasteiger partial charge is 0.328 e. The maximum absolute atomic E-state index is 12.6. The molecule has 0 bridgehead atoms. The average Bonchev–Trinajstić information content (AvgIpc) is 3.08. The van der Waals surface area contributed by atoms with Crippen molar-refractivity contribution >= 4 is 39.8 Å². The molecule has 0 radical (unpaired) electrons. The zero-order chi connectivity index (χ0) is 16.9. The molecule has 0 aliphatic carbocycles. The second-order valence-corrected chi connectivity index (χ2v) is 6.28. The van der Waals surface area contributed by atoms with E-state index in [0.717, 1.165) is 11.3 Å². The molecule has 6 heteroatoms. The Bertz CT molecular complexity index is 835. The van der Waals surface area contributed by atoms with Gasteiger partial charge in [-0.25, -0.2) is 9.78 Å². The molecule has 24 heavy (non-hydrogen) atoms. The number of benzene rings is 2. The molecule has 2 aromatic carbocycles. The minimum atomic E-state index is -0.250. The van der Waals surface area contributed by atoms with Crippen LogP contribution in [0.2, 0.25) is 5.02 Å². The third-order valence-electron chi connectivity index (χ3n) is 3.47. The average molecular weight is 358 g/mol. The van der Waals surface area contributed by atoms with Crippen LogP contribution in [-0.2, 0) is 0 Å². The van der Waals surface area contributed by atoms with Gasteiger partial charge >= 0.3 is 6.03 Å². The summed E-state index contributed by atoms with van der Waals surface area (Å²) in [4.78, 5) is 18.8. The number of anilines is 2. The van der Waals surface area contributed by atoms with Crippen LogP contribution in [0.25, 0.3) is 11.3 Å². The molecule has 1 N–H and O–H groups in total. The molecule has 0 aliphatic heterocycles. The minimum Gasteiger partial charge on any atom is -0.306 e. The van der Waals surface area contributed by atoms with Crippen molar-refractivity contribution < 1.29 is 4.79 Å². The monoisotopic (exact) mass is 357 g/mol. The summed E-state index contributed by atoms with van der Waals surface area (Å²) < 4.78 is 0. The first kappa shape index (κ1) is 16.5. The highest BCUT2D eigenvalue weighted by Crippen LogP contribution is 2.28. The normalized spacial score (nSPS) is 10.4. The maximum atomic E-state index is 12.6. The molecule has 0 spiro atoms. The second kappa shape index (κ2) is 7.47. The third-order valence-corrected chi connectivity index (χ3v) is 4.66. The molecule has 0 unspecified atom stereocenters. The van der Waals surface area contributed by atoms with Crippen molar-refractivity contribution in [3.63, 3.8) is 0 Å². The molecule has 3 rings (SSSR count). The third kappa shape index (κ3) is 3.58. The van der Waals surface area contributed by atoms with Crippen molar-refractivity contribution in [2.75, 3.05) is 16.8 Å². The van der Waals surface area contributed by atoms with E-state index >= 15 is 0 Å². The summed E-state index contributed by atoms with van der Waals surface area (Å²) in [6.45, 7) is 2.42. The molecule has 3 aromatic rings. The van der Waals surface area contributed by atoms with Crippen molar-refractivity contribution in [1.82, 2.24) is 4.98 Å². The van der Waals surface area contributed by atoms with Crippen LogP contribution in [0.15, 0.2) is 60.0 Å². The lowest BCUT2D eigenvalue weighted by molar-refractivity contribution is 0.257. The van der Waals surface area contributed by atoms with Crippen molar-refractivity contribution in [3.8, 4) is 11.3 Å². The van der Waals surface area contributed by atoms with Gasteiger partial charge < -0.3 is 5.32 Å². The van der Waals surface area contributed by atoms with Crippen molar-refractivity contribution in [2.24, 2.45) is 0 Å². The highest BCUT2D eigenvalue weighted by Gasteiger charge is 2.18. The molecule has 0 saturated carbocycles. The molecule has 0 aliphatic rings. The molecule has 1 heterocycles. The number of hydrogen-bond donors (Lipinski definition) is 1. The van der Waals surface area contributed by atoms with Gasteiger partial charge in [0.2, 0.25) is 0 Å². The molecule has 4 nitrogen and oxygen atoms in total. The molecular weight excluding hydrogens is 342 g/mol. The lowest BCUT2D eigenvalue weighted by Gasteiger charge is -2.18. The van der Waals surface area contributed by atoms with Gasteiger partial charge in [-0.2, -0.15) is 0 Å². The zero-order valence-corrected chi connectivity index (χ0v) is 14.6. The standard InChI is InChI=1S/C18H16ClN3OS/c1-2-22(17(23)20-15-11-7-6-10-14(15)19)18-21-16(12-24-18)13-8-4-3-5-9-13/h3-12H,2H2,1H3,(H,20,23).